The van der Waals surface area contributed by atoms with Crippen LogP contribution in [0.1, 0.15) is 5.76 Å². The van der Waals surface area contributed by atoms with Gasteiger partial charge in [-0.1, -0.05) is 0 Å². The molecule has 2 heterocycles. The molecule has 1 fully saturated rings. The molecule has 0 unspecified atom stereocenters. The van der Waals surface area contributed by atoms with Crippen molar-refractivity contribution in [3.63, 3.8) is 0 Å². The summed E-state index contributed by atoms with van der Waals surface area (Å²) in [7, 11) is 3.79. The van der Waals surface area contributed by atoms with E-state index in [1.165, 1.54) is 35.5 Å². The Morgan fingerprint density at radius 2 is 2.32 bits per heavy atom. The van der Waals surface area contributed by atoms with E-state index in [4.69, 9.17) is 9.15 Å². The van der Waals surface area contributed by atoms with Crippen LogP contribution in [0.3, 0.4) is 0 Å². The molecule has 118 valence electrons. The number of allylic oxidation sites excluding steroid dienone is 1. The average molecular weight is 308 g/mol. The Hall–Kier alpha value is -2.68. The highest BCUT2D eigenvalue weighted by molar-refractivity contribution is 5.79. The summed E-state index contributed by atoms with van der Waals surface area (Å²) >= 11 is 0. The maximum atomic E-state index is 11.6. The van der Waals surface area contributed by atoms with Crippen LogP contribution in [0.25, 0.3) is 6.08 Å². The molecule has 1 aromatic rings. The fraction of sp³-hybridized carbons (Fsp3) is 0.385. The van der Waals surface area contributed by atoms with Crippen molar-refractivity contribution < 1.29 is 18.9 Å². The van der Waals surface area contributed by atoms with Crippen LogP contribution < -0.4 is 0 Å². The van der Waals surface area contributed by atoms with E-state index in [2.05, 4.69) is 5.10 Å². The second-order valence-electron chi connectivity index (χ2n) is 4.91. The number of ether oxygens (including phenoxy) is 1. The van der Waals surface area contributed by atoms with Gasteiger partial charge >= 0.3 is 12.0 Å². The number of rotatable bonds is 6. The largest absolute Gasteiger partial charge is 0.441 e. The number of hydrogen-bond acceptors (Lipinski definition) is 7. The molecule has 0 saturated carbocycles. The van der Waals surface area contributed by atoms with Crippen LogP contribution >= 0.6 is 0 Å². The highest BCUT2D eigenvalue weighted by Gasteiger charge is 2.31. The van der Waals surface area contributed by atoms with Crippen LogP contribution in [0.2, 0.25) is 0 Å². The molecule has 1 atom stereocenters. The minimum Gasteiger partial charge on any atom is -0.441 e. The standard InChI is InChI=1S/C13H16N4O5/c1-15(2)8-11-9-16(13(18)22-11)14-7-3-4-10-5-6-12(21-10)17(19)20/h3-7,11H,8-9H2,1-2H3/b4-3-,14-7+/t11-/m1/s1. The van der Waals surface area contributed by atoms with Gasteiger partial charge in [-0.3, -0.25) is 10.1 Å². The summed E-state index contributed by atoms with van der Waals surface area (Å²) in [6.45, 7) is 1.01. The third-order valence-electron chi connectivity index (χ3n) is 2.77. The topological polar surface area (TPSA) is 101 Å². The minimum atomic E-state index is -0.615. The summed E-state index contributed by atoms with van der Waals surface area (Å²) < 4.78 is 10.1. The number of nitro groups is 1. The molecule has 1 amide bonds. The van der Waals surface area contributed by atoms with Crippen molar-refractivity contribution in [2.75, 3.05) is 27.2 Å². The summed E-state index contributed by atoms with van der Waals surface area (Å²) in [4.78, 5) is 23.3. The van der Waals surface area contributed by atoms with E-state index in [0.717, 1.165) is 0 Å². The Balaban J connectivity index is 1.87. The summed E-state index contributed by atoms with van der Waals surface area (Å²) in [6.07, 6.45) is 3.72. The zero-order valence-electron chi connectivity index (χ0n) is 12.2. The molecule has 0 spiro atoms. The lowest BCUT2D eigenvalue weighted by atomic mass is 10.3. The third kappa shape index (κ3) is 4.16. The fourth-order valence-electron chi connectivity index (χ4n) is 1.89. The number of likely N-dealkylation sites (N-methyl/N-ethyl adjacent to an activating group) is 1. The first-order valence-electron chi connectivity index (χ1n) is 6.53. The molecule has 2 rings (SSSR count). The number of furan rings is 1. The van der Waals surface area contributed by atoms with Crippen molar-refractivity contribution in [3.8, 4) is 0 Å². The maximum absolute atomic E-state index is 11.6. The average Bonchev–Trinajstić information content (AvgIpc) is 3.01. The highest BCUT2D eigenvalue weighted by Crippen LogP contribution is 2.16. The van der Waals surface area contributed by atoms with E-state index in [-0.39, 0.29) is 12.0 Å². The summed E-state index contributed by atoms with van der Waals surface area (Å²) in [5, 5.41) is 15.7. The first kappa shape index (κ1) is 15.7. The predicted octanol–water partition coefficient (Wildman–Crippen LogP) is 1.57. The predicted molar refractivity (Wildman–Crippen MR) is 78.4 cm³/mol. The summed E-state index contributed by atoms with van der Waals surface area (Å²) in [5.74, 6) is -0.00105. The number of hydrazone groups is 1. The van der Waals surface area contributed by atoms with Crippen molar-refractivity contribution in [1.29, 1.82) is 0 Å². The Kier molecular flexibility index (Phi) is 4.89. The van der Waals surface area contributed by atoms with E-state index >= 15 is 0 Å². The van der Waals surface area contributed by atoms with Crippen LogP contribution in [-0.2, 0) is 4.74 Å². The molecule has 9 nitrogen and oxygen atoms in total. The van der Waals surface area contributed by atoms with Gasteiger partial charge in [0, 0.05) is 12.8 Å². The fourth-order valence-corrected chi connectivity index (χ4v) is 1.89. The Morgan fingerprint density at radius 1 is 1.55 bits per heavy atom. The van der Waals surface area contributed by atoms with Crippen LogP contribution in [0.5, 0.6) is 0 Å². The van der Waals surface area contributed by atoms with Gasteiger partial charge < -0.3 is 14.1 Å². The molecule has 0 aliphatic carbocycles. The third-order valence-corrected chi connectivity index (χ3v) is 2.77. The number of nitrogens with zero attached hydrogens (tertiary/aromatic N) is 4. The normalized spacial score (nSPS) is 18.8. The molecule has 0 radical (unpaired) electrons. The van der Waals surface area contributed by atoms with Gasteiger partial charge in [0.2, 0.25) is 0 Å². The lowest BCUT2D eigenvalue weighted by Gasteiger charge is -2.13. The lowest BCUT2D eigenvalue weighted by molar-refractivity contribution is -0.402. The van der Waals surface area contributed by atoms with E-state index < -0.39 is 11.0 Å². The van der Waals surface area contributed by atoms with Crippen molar-refractivity contribution in [3.05, 3.63) is 34.1 Å². The van der Waals surface area contributed by atoms with Crippen molar-refractivity contribution >= 4 is 24.3 Å². The van der Waals surface area contributed by atoms with Gasteiger partial charge in [0.05, 0.1) is 12.6 Å². The SMILES string of the molecule is CN(C)C[C@@H]1CN(/N=C/C=C\c2ccc([N+](=O)[O-])o2)C(=O)O1. The van der Waals surface area contributed by atoms with Crippen molar-refractivity contribution in [1.82, 2.24) is 9.91 Å². The molecule has 1 aromatic heterocycles. The molecule has 9 heteroatoms. The number of hydrogen-bond donors (Lipinski definition) is 0. The Labute approximate surface area is 126 Å². The van der Waals surface area contributed by atoms with Gasteiger partial charge in [-0.05, 0) is 32.3 Å². The second-order valence-corrected chi connectivity index (χ2v) is 4.91. The lowest BCUT2D eigenvalue weighted by Crippen LogP contribution is -2.28. The summed E-state index contributed by atoms with van der Waals surface area (Å²) in [6, 6.07) is 2.74. The van der Waals surface area contributed by atoms with Gasteiger partial charge in [0.1, 0.15) is 16.8 Å². The Morgan fingerprint density at radius 3 is 2.95 bits per heavy atom. The van der Waals surface area contributed by atoms with Crippen molar-refractivity contribution in [2.45, 2.75) is 6.10 Å². The van der Waals surface area contributed by atoms with Gasteiger partial charge in [0.15, 0.2) is 0 Å². The van der Waals surface area contributed by atoms with Crippen LogP contribution in [0, 0.1) is 10.1 Å². The molecular formula is C13H16N4O5. The molecule has 0 aromatic carbocycles. The molecular weight excluding hydrogens is 292 g/mol. The molecule has 1 aliphatic rings. The van der Waals surface area contributed by atoms with Crippen molar-refractivity contribution in [2.24, 2.45) is 5.10 Å². The van der Waals surface area contributed by atoms with Crippen LogP contribution in [0.15, 0.2) is 27.7 Å². The molecule has 0 N–H and O–H groups in total. The number of carbonyl (C=O) groups excluding carboxylic acids is 1. The number of carbonyl (C=O) groups is 1. The van der Waals surface area contributed by atoms with Gasteiger partial charge in [-0.25, -0.2) is 4.79 Å². The highest BCUT2D eigenvalue weighted by atomic mass is 16.6. The zero-order valence-corrected chi connectivity index (χ0v) is 12.2. The molecule has 1 aliphatic heterocycles. The molecule has 0 bridgehead atoms. The quantitative estimate of drug-likeness (QED) is 0.449. The zero-order chi connectivity index (χ0) is 16.1. The van der Waals surface area contributed by atoms with Crippen LogP contribution in [0.4, 0.5) is 10.7 Å². The number of amides is 1. The van der Waals surface area contributed by atoms with E-state index in [0.29, 0.717) is 18.8 Å². The first-order valence-corrected chi connectivity index (χ1v) is 6.53. The van der Waals surface area contributed by atoms with Gasteiger partial charge in [-0.15, -0.1) is 0 Å². The minimum absolute atomic E-state index is 0.212. The Bertz CT molecular complexity index is 607. The van der Waals surface area contributed by atoms with E-state index in [1.54, 1.807) is 0 Å². The number of cyclic esters (lactones) is 1. The monoisotopic (exact) mass is 308 g/mol. The summed E-state index contributed by atoms with van der Waals surface area (Å²) in [5.41, 5.74) is 0. The van der Waals surface area contributed by atoms with E-state index in [9.17, 15) is 14.9 Å². The van der Waals surface area contributed by atoms with E-state index in [1.807, 2.05) is 19.0 Å². The molecule has 1 saturated heterocycles. The molecule has 22 heavy (non-hydrogen) atoms. The maximum Gasteiger partial charge on any atom is 0.433 e. The van der Waals surface area contributed by atoms with Gasteiger partial charge in [0.25, 0.3) is 0 Å². The second kappa shape index (κ2) is 6.85. The van der Waals surface area contributed by atoms with Crippen LogP contribution in [-0.4, -0.2) is 60.4 Å². The van der Waals surface area contributed by atoms with Gasteiger partial charge in [-0.2, -0.15) is 10.1 Å². The first-order chi connectivity index (χ1) is 10.5. The smallest absolute Gasteiger partial charge is 0.433 e.